The van der Waals surface area contributed by atoms with Gasteiger partial charge in [-0.1, -0.05) is 45.9 Å². The van der Waals surface area contributed by atoms with Crippen LogP contribution in [0.1, 0.15) is 70.0 Å². The smallest absolute Gasteiger partial charge is 0.305 e. The molecule has 0 spiro atoms. The van der Waals surface area contributed by atoms with Crippen LogP contribution in [0.25, 0.3) is 27.5 Å². The van der Waals surface area contributed by atoms with Gasteiger partial charge in [0.15, 0.2) is 11.9 Å². The molecule has 0 saturated heterocycles. The Morgan fingerprint density at radius 1 is 1.03 bits per heavy atom. The SMILES string of the molecule is CO[C@@H](/C=C/O)[C@@H](C)[C@@](O)(OC(C)=O)[C@H](C)[C@H](O)[C@H](C)[C@@H](O)[C@@H](C)/C=C/C=C(/C)C(=O)Nc1c(O)c2c(O)c(C)c3c(c2c2nc4cc(C)ccn4c12)C(=O)[C@H](C)O3. The number of ether oxygens (including phenoxy) is 3. The fourth-order valence-corrected chi connectivity index (χ4v) is 7.80. The largest absolute Gasteiger partial charge is 0.516 e. The first-order valence-electron chi connectivity index (χ1n) is 19.0. The van der Waals surface area contributed by atoms with E-state index in [0.717, 1.165) is 18.7 Å². The number of methoxy groups -OCH3 is 1. The van der Waals surface area contributed by atoms with Crippen LogP contribution in [0.4, 0.5) is 5.69 Å². The number of Topliss-reactive ketones (excluding diaryl/α,β-unsaturated/α-hetero) is 1. The Morgan fingerprint density at radius 2 is 1.71 bits per heavy atom. The molecule has 58 heavy (non-hydrogen) atoms. The van der Waals surface area contributed by atoms with Crippen LogP contribution in [0.15, 0.2) is 54.5 Å². The molecule has 3 heterocycles. The van der Waals surface area contributed by atoms with Crippen LogP contribution in [0.2, 0.25) is 0 Å². The predicted molar refractivity (Wildman–Crippen MR) is 217 cm³/mol. The number of aromatic hydroxyl groups is 2. The number of hydrogen-bond donors (Lipinski definition) is 7. The first kappa shape index (κ1) is 43.6. The molecule has 1 amide bonds. The quantitative estimate of drug-likeness (QED) is 0.0204. The number of benzene rings is 2. The number of nitrogens with zero attached hydrogens (tertiary/aromatic N) is 2. The van der Waals surface area contributed by atoms with Gasteiger partial charge in [-0.05, 0) is 51.5 Å². The molecule has 9 atom stereocenters. The number of aromatic nitrogens is 2. The van der Waals surface area contributed by atoms with Crippen molar-refractivity contribution >= 4 is 50.8 Å². The van der Waals surface area contributed by atoms with Gasteiger partial charge in [0.2, 0.25) is 11.6 Å². The minimum atomic E-state index is -2.25. The molecular weight excluding hydrogens is 750 g/mol. The molecule has 2 aromatic carbocycles. The van der Waals surface area contributed by atoms with Crippen molar-refractivity contribution < 1.29 is 59.2 Å². The number of carbonyl (C=O) groups excluding carboxylic acids is 3. The Hall–Kier alpha value is -5.48. The summed E-state index contributed by atoms with van der Waals surface area (Å²) in [6, 6.07) is 3.64. The molecule has 0 radical (unpaired) electrons. The van der Waals surface area contributed by atoms with E-state index >= 15 is 0 Å². The molecule has 0 aliphatic carbocycles. The summed E-state index contributed by atoms with van der Waals surface area (Å²) < 4.78 is 18.2. The van der Waals surface area contributed by atoms with Crippen molar-refractivity contribution in [2.45, 2.75) is 92.5 Å². The minimum Gasteiger partial charge on any atom is -0.516 e. The fourth-order valence-electron chi connectivity index (χ4n) is 7.80. The van der Waals surface area contributed by atoms with E-state index < -0.39 is 71.5 Å². The Balaban J connectivity index is 1.43. The van der Waals surface area contributed by atoms with Crippen molar-refractivity contribution in [1.29, 1.82) is 0 Å². The Morgan fingerprint density at radius 3 is 2.33 bits per heavy atom. The van der Waals surface area contributed by atoms with Gasteiger partial charge in [0, 0.05) is 54.5 Å². The fraction of sp³-hybridized carbons (Fsp3) is 0.442. The number of aliphatic hydroxyl groups is 4. The molecule has 1 aliphatic heterocycles. The lowest BCUT2D eigenvalue weighted by Gasteiger charge is -2.43. The van der Waals surface area contributed by atoms with Gasteiger partial charge >= 0.3 is 5.97 Å². The van der Waals surface area contributed by atoms with Gasteiger partial charge in [-0.2, -0.15) is 0 Å². The Labute approximate surface area is 335 Å². The summed E-state index contributed by atoms with van der Waals surface area (Å²) in [5.74, 6) is -8.08. The zero-order chi connectivity index (χ0) is 43.1. The predicted octanol–water partition coefficient (Wildman–Crippen LogP) is 5.68. The highest BCUT2D eigenvalue weighted by atomic mass is 16.7. The third-order valence-corrected chi connectivity index (χ3v) is 11.4. The maximum Gasteiger partial charge on any atom is 0.305 e. The van der Waals surface area contributed by atoms with Gasteiger partial charge in [-0.15, -0.1) is 0 Å². The molecule has 15 heteroatoms. The van der Waals surface area contributed by atoms with Crippen molar-refractivity contribution in [3.05, 3.63) is 71.2 Å². The third-order valence-electron chi connectivity index (χ3n) is 11.4. The molecule has 0 fully saturated rings. The molecule has 15 nitrogen and oxygen atoms in total. The highest BCUT2D eigenvalue weighted by Gasteiger charge is 2.50. The zero-order valence-corrected chi connectivity index (χ0v) is 34.3. The number of allylic oxidation sites excluding steroid dienone is 2. The second-order valence-corrected chi connectivity index (χ2v) is 15.4. The first-order chi connectivity index (χ1) is 27.2. The molecular formula is C43H53N3O12. The van der Waals surface area contributed by atoms with Gasteiger partial charge in [0.25, 0.3) is 5.91 Å². The van der Waals surface area contributed by atoms with Crippen LogP contribution in [0.3, 0.4) is 0 Å². The molecule has 1 aliphatic rings. The number of fused-ring (bicyclic) bond motifs is 7. The second-order valence-electron chi connectivity index (χ2n) is 15.4. The highest BCUT2D eigenvalue weighted by Crippen LogP contribution is 2.52. The summed E-state index contributed by atoms with van der Waals surface area (Å²) >= 11 is 0. The van der Waals surface area contributed by atoms with Gasteiger partial charge in [-0.25, -0.2) is 4.98 Å². The lowest BCUT2D eigenvalue weighted by atomic mass is 9.76. The number of ketones is 1. The molecule has 2 aromatic heterocycles. The van der Waals surface area contributed by atoms with E-state index in [9.17, 15) is 45.0 Å². The number of imidazole rings is 1. The molecule has 0 bridgehead atoms. The number of aliphatic hydroxyl groups excluding tert-OH is 3. The topological polar surface area (TPSA) is 230 Å². The summed E-state index contributed by atoms with van der Waals surface area (Å²) in [5, 5.41) is 69.7. The number of amides is 1. The van der Waals surface area contributed by atoms with Crippen LogP contribution in [-0.4, -0.2) is 95.0 Å². The van der Waals surface area contributed by atoms with E-state index in [1.807, 2.05) is 19.1 Å². The summed E-state index contributed by atoms with van der Waals surface area (Å²) in [6.07, 6.45) is 4.17. The summed E-state index contributed by atoms with van der Waals surface area (Å²) in [7, 11) is 1.35. The van der Waals surface area contributed by atoms with Gasteiger partial charge < -0.3 is 50.2 Å². The standard InChI is InChI=1S/C43H53N3O12/c1-19-14-16-46-29(18-19)44-33-30-31(38(51)23(5)41-32(30)39(52)26(8)57-41)40(53)34(35(33)46)45-42(54)21(3)13-11-12-20(2)36(49)22(4)37(50)25(7)43(55,58-27(9)48)24(6)28(56-10)15-17-47/h11-18,20,22,24-26,28,36-37,47,49-51,53,55H,1-10H3,(H,45,54)/b12-11+,17-15+,21-13-/t20-,22+,24+,25+,26-,28-,36-,37+,43+/m0/s1. The number of phenols is 2. The van der Waals surface area contributed by atoms with Crippen molar-refractivity contribution in [1.82, 2.24) is 9.38 Å². The van der Waals surface area contributed by atoms with Crippen molar-refractivity contribution in [3.63, 3.8) is 0 Å². The van der Waals surface area contributed by atoms with E-state index in [-0.39, 0.29) is 56.0 Å². The van der Waals surface area contributed by atoms with Crippen molar-refractivity contribution in [2.24, 2.45) is 23.7 Å². The number of carbonyl (C=O) groups is 3. The van der Waals surface area contributed by atoms with Crippen LogP contribution in [0, 0.1) is 37.5 Å². The van der Waals surface area contributed by atoms with Gasteiger partial charge in [-0.3, -0.25) is 18.8 Å². The van der Waals surface area contributed by atoms with E-state index in [0.29, 0.717) is 11.2 Å². The number of hydrogen-bond acceptors (Lipinski definition) is 13. The third kappa shape index (κ3) is 7.62. The van der Waals surface area contributed by atoms with E-state index in [1.165, 1.54) is 33.1 Å². The van der Waals surface area contributed by atoms with E-state index in [1.54, 1.807) is 57.4 Å². The average Bonchev–Trinajstić information content (AvgIpc) is 3.70. The minimum absolute atomic E-state index is 0.0393. The highest BCUT2D eigenvalue weighted by molar-refractivity contribution is 6.28. The number of nitrogens with one attached hydrogen (secondary N) is 1. The number of anilines is 1. The normalized spacial score (nSPS) is 19.5. The van der Waals surface area contributed by atoms with Crippen molar-refractivity contribution in [3.8, 4) is 17.2 Å². The lowest BCUT2D eigenvalue weighted by molar-refractivity contribution is -0.278. The second kappa shape index (κ2) is 16.8. The number of aryl methyl sites for hydroxylation is 1. The van der Waals surface area contributed by atoms with Gasteiger partial charge in [0.1, 0.15) is 33.9 Å². The van der Waals surface area contributed by atoms with Crippen LogP contribution in [0.5, 0.6) is 17.2 Å². The number of rotatable bonds is 14. The summed E-state index contributed by atoms with van der Waals surface area (Å²) in [6.45, 7) is 14.0. The van der Waals surface area contributed by atoms with Crippen LogP contribution in [-0.2, 0) is 19.1 Å². The monoisotopic (exact) mass is 803 g/mol. The number of phenolic OH excluding ortho intramolecular Hbond substituents is 2. The molecule has 312 valence electrons. The summed E-state index contributed by atoms with van der Waals surface area (Å²) in [5.41, 5.74) is 2.54. The average molecular weight is 804 g/mol. The molecule has 0 saturated carbocycles. The van der Waals surface area contributed by atoms with Gasteiger partial charge in [0.05, 0.1) is 41.4 Å². The molecule has 4 aromatic rings. The maximum atomic E-state index is 13.7. The zero-order valence-electron chi connectivity index (χ0n) is 34.3. The summed E-state index contributed by atoms with van der Waals surface area (Å²) in [4.78, 5) is 44.0. The molecule has 7 N–H and O–H groups in total. The number of esters is 1. The Bertz CT molecular complexity index is 2360. The first-order valence-corrected chi connectivity index (χ1v) is 19.0. The number of pyridine rings is 1. The molecule has 5 rings (SSSR count). The maximum absolute atomic E-state index is 13.7. The lowest BCUT2D eigenvalue weighted by Crippen LogP contribution is -2.56. The van der Waals surface area contributed by atoms with Crippen molar-refractivity contribution in [2.75, 3.05) is 12.4 Å². The van der Waals surface area contributed by atoms with E-state index in [4.69, 9.17) is 19.2 Å². The Kier molecular flexibility index (Phi) is 12.6. The van der Waals surface area contributed by atoms with Crippen LogP contribution >= 0.6 is 0 Å². The van der Waals surface area contributed by atoms with Crippen LogP contribution < -0.4 is 10.1 Å². The molecule has 0 unspecified atom stereocenters. The van der Waals surface area contributed by atoms with E-state index in [2.05, 4.69) is 5.32 Å².